The number of nitrogens with zero attached hydrogens (tertiary/aromatic N) is 1. The third-order valence-electron chi connectivity index (χ3n) is 1.79. The molecule has 1 N–H and O–H groups in total. The standard InChI is InChI=1S/C8H14N2O3/c1-2-13-7(11)6-10-5-3-4-9-8(10)12/h2-6H2,1H3,(H,9,12). The van der Waals surface area contributed by atoms with E-state index in [1.165, 1.54) is 4.90 Å². The quantitative estimate of drug-likeness (QED) is 0.629. The Hall–Kier alpha value is -1.26. The zero-order valence-corrected chi connectivity index (χ0v) is 7.71. The van der Waals surface area contributed by atoms with Crippen LogP contribution in [0.15, 0.2) is 0 Å². The number of ether oxygens (including phenoxy) is 1. The van der Waals surface area contributed by atoms with Gasteiger partial charge in [0, 0.05) is 13.1 Å². The fourth-order valence-electron chi connectivity index (χ4n) is 1.19. The van der Waals surface area contributed by atoms with Crippen molar-refractivity contribution < 1.29 is 14.3 Å². The molecule has 5 nitrogen and oxygen atoms in total. The van der Waals surface area contributed by atoms with Crippen LogP contribution in [0.4, 0.5) is 4.79 Å². The van der Waals surface area contributed by atoms with Gasteiger partial charge in [-0.05, 0) is 13.3 Å². The summed E-state index contributed by atoms with van der Waals surface area (Å²) in [6.45, 7) is 3.48. The molecule has 1 aliphatic heterocycles. The maximum Gasteiger partial charge on any atom is 0.325 e. The average Bonchev–Trinajstić information content (AvgIpc) is 2.09. The van der Waals surface area contributed by atoms with E-state index in [-0.39, 0.29) is 18.5 Å². The molecule has 1 aliphatic rings. The van der Waals surface area contributed by atoms with E-state index < -0.39 is 0 Å². The number of carbonyl (C=O) groups excluding carboxylic acids is 2. The van der Waals surface area contributed by atoms with Gasteiger partial charge in [-0.15, -0.1) is 0 Å². The van der Waals surface area contributed by atoms with Crippen molar-refractivity contribution in [2.45, 2.75) is 13.3 Å². The SMILES string of the molecule is CCOC(=O)CN1CCCNC1=O. The van der Waals surface area contributed by atoms with Crippen LogP contribution < -0.4 is 5.32 Å². The molecule has 1 heterocycles. The first-order chi connectivity index (χ1) is 6.24. The molecule has 2 amide bonds. The number of hydrogen-bond donors (Lipinski definition) is 1. The van der Waals surface area contributed by atoms with Gasteiger partial charge >= 0.3 is 12.0 Å². The summed E-state index contributed by atoms with van der Waals surface area (Å²) in [4.78, 5) is 23.6. The second-order valence-corrected chi connectivity index (χ2v) is 2.81. The van der Waals surface area contributed by atoms with E-state index in [2.05, 4.69) is 5.32 Å². The molecule has 13 heavy (non-hydrogen) atoms. The zero-order valence-electron chi connectivity index (χ0n) is 7.71. The minimum absolute atomic E-state index is 0.0552. The smallest absolute Gasteiger partial charge is 0.325 e. The van der Waals surface area contributed by atoms with Crippen molar-refractivity contribution in [2.75, 3.05) is 26.2 Å². The van der Waals surface area contributed by atoms with Crippen molar-refractivity contribution in [1.82, 2.24) is 10.2 Å². The number of esters is 1. The Balaban J connectivity index is 2.33. The lowest BCUT2D eigenvalue weighted by molar-refractivity contribution is -0.143. The van der Waals surface area contributed by atoms with Gasteiger partial charge in [0.15, 0.2) is 0 Å². The van der Waals surface area contributed by atoms with Crippen LogP contribution >= 0.6 is 0 Å². The van der Waals surface area contributed by atoms with Crippen LogP contribution in [0.3, 0.4) is 0 Å². The fourth-order valence-corrected chi connectivity index (χ4v) is 1.19. The Morgan fingerprint density at radius 1 is 1.69 bits per heavy atom. The second-order valence-electron chi connectivity index (χ2n) is 2.81. The Kier molecular flexibility index (Phi) is 3.54. The number of nitrogens with one attached hydrogen (secondary N) is 1. The first-order valence-electron chi connectivity index (χ1n) is 4.42. The van der Waals surface area contributed by atoms with E-state index >= 15 is 0 Å². The lowest BCUT2D eigenvalue weighted by Gasteiger charge is -2.26. The highest BCUT2D eigenvalue weighted by Crippen LogP contribution is 1.98. The Bertz CT molecular complexity index is 206. The molecular weight excluding hydrogens is 172 g/mol. The summed E-state index contributed by atoms with van der Waals surface area (Å²) in [5, 5.41) is 2.66. The molecular formula is C8H14N2O3. The van der Waals surface area contributed by atoms with Crippen LogP contribution in [-0.4, -0.2) is 43.1 Å². The van der Waals surface area contributed by atoms with E-state index in [0.717, 1.165) is 6.42 Å². The molecule has 1 rings (SSSR count). The highest BCUT2D eigenvalue weighted by atomic mass is 16.5. The predicted molar refractivity (Wildman–Crippen MR) is 46.2 cm³/mol. The topological polar surface area (TPSA) is 58.6 Å². The Morgan fingerprint density at radius 2 is 2.46 bits per heavy atom. The highest BCUT2D eigenvalue weighted by molar-refractivity contribution is 5.81. The predicted octanol–water partition coefficient (Wildman–Crippen LogP) is -0.0352. The van der Waals surface area contributed by atoms with Crippen LogP contribution in [0.5, 0.6) is 0 Å². The van der Waals surface area contributed by atoms with Gasteiger partial charge in [0.1, 0.15) is 6.54 Å². The van der Waals surface area contributed by atoms with Crippen LogP contribution in [-0.2, 0) is 9.53 Å². The number of hydrogen-bond acceptors (Lipinski definition) is 3. The summed E-state index contributed by atoms with van der Waals surface area (Å²) in [5.41, 5.74) is 0. The van der Waals surface area contributed by atoms with Crippen molar-refractivity contribution >= 4 is 12.0 Å². The molecule has 74 valence electrons. The summed E-state index contributed by atoms with van der Waals surface area (Å²) < 4.78 is 4.73. The average molecular weight is 186 g/mol. The molecule has 0 aromatic rings. The van der Waals surface area contributed by atoms with Crippen molar-refractivity contribution in [2.24, 2.45) is 0 Å². The largest absolute Gasteiger partial charge is 0.465 e. The number of urea groups is 1. The zero-order chi connectivity index (χ0) is 9.68. The molecule has 0 spiro atoms. The summed E-state index contributed by atoms with van der Waals surface area (Å²) in [6.07, 6.45) is 0.880. The van der Waals surface area contributed by atoms with E-state index in [4.69, 9.17) is 4.74 Å². The summed E-state index contributed by atoms with van der Waals surface area (Å²) in [6, 6.07) is -0.181. The van der Waals surface area contributed by atoms with Gasteiger partial charge in [-0.25, -0.2) is 4.79 Å². The van der Waals surface area contributed by atoms with Gasteiger partial charge in [0.25, 0.3) is 0 Å². The third-order valence-corrected chi connectivity index (χ3v) is 1.79. The summed E-state index contributed by atoms with van der Waals surface area (Å²) >= 11 is 0. The van der Waals surface area contributed by atoms with E-state index in [1.54, 1.807) is 6.92 Å². The maximum absolute atomic E-state index is 11.1. The van der Waals surface area contributed by atoms with Gasteiger partial charge in [0.2, 0.25) is 0 Å². The first-order valence-corrected chi connectivity index (χ1v) is 4.42. The van der Waals surface area contributed by atoms with Crippen LogP contribution in [0.1, 0.15) is 13.3 Å². The molecule has 0 atom stereocenters. The summed E-state index contributed by atoms with van der Waals surface area (Å²) in [7, 11) is 0. The van der Waals surface area contributed by atoms with E-state index in [0.29, 0.717) is 19.7 Å². The van der Waals surface area contributed by atoms with Gasteiger partial charge in [-0.3, -0.25) is 4.79 Å². The third kappa shape index (κ3) is 2.93. The minimum Gasteiger partial charge on any atom is -0.465 e. The van der Waals surface area contributed by atoms with Crippen molar-refractivity contribution in [1.29, 1.82) is 0 Å². The lowest BCUT2D eigenvalue weighted by Crippen LogP contribution is -2.48. The first kappa shape index (κ1) is 9.83. The van der Waals surface area contributed by atoms with Gasteiger partial charge in [-0.2, -0.15) is 0 Å². The molecule has 1 saturated heterocycles. The van der Waals surface area contributed by atoms with Crippen LogP contribution in [0.25, 0.3) is 0 Å². The molecule has 0 aliphatic carbocycles. The number of rotatable bonds is 3. The Labute approximate surface area is 77.0 Å². The second kappa shape index (κ2) is 4.69. The van der Waals surface area contributed by atoms with Gasteiger partial charge in [0.05, 0.1) is 6.61 Å². The van der Waals surface area contributed by atoms with Crippen LogP contribution in [0.2, 0.25) is 0 Å². The van der Waals surface area contributed by atoms with Crippen molar-refractivity contribution in [3.8, 4) is 0 Å². The molecule has 0 aromatic carbocycles. The molecule has 0 radical (unpaired) electrons. The molecule has 0 bridgehead atoms. The Morgan fingerprint density at radius 3 is 3.08 bits per heavy atom. The summed E-state index contributed by atoms with van der Waals surface area (Å²) in [5.74, 6) is -0.348. The fraction of sp³-hybridized carbons (Fsp3) is 0.750. The molecule has 0 aromatic heterocycles. The maximum atomic E-state index is 11.1. The highest BCUT2D eigenvalue weighted by Gasteiger charge is 2.20. The lowest BCUT2D eigenvalue weighted by atomic mass is 10.3. The van der Waals surface area contributed by atoms with Crippen LogP contribution in [0, 0.1) is 0 Å². The van der Waals surface area contributed by atoms with Crippen molar-refractivity contribution in [3.63, 3.8) is 0 Å². The monoisotopic (exact) mass is 186 g/mol. The molecule has 1 fully saturated rings. The number of carbonyl (C=O) groups is 2. The van der Waals surface area contributed by atoms with E-state index in [9.17, 15) is 9.59 Å². The molecule has 0 unspecified atom stereocenters. The van der Waals surface area contributed by atoms with Crippen molar-refractivity contribution in [3.05, 3.63) is 0 Å². The molecule has 0 saturated carbocycles. The van der Waals surface area contributed by atoms with Gasteiger partial charge < -0.3 is 15.0 Å². The van der Waals surface area contributed by atoms with Gasteiger partial charge in [-0.1, -0.05) is 0 Å². The van der Waals surface area contributed by atoms with E-state index in [1.807, 2.05) is 0 Å². The minimum atomic E-state index is -0.348. The normalized spacial score (nSPS) is 16.7. The number of amides is 2. The molecule has 5 heteroatoms.